The van der Waals surface area contributed by atoms with Crippen LogP contribution < -0.4 is 10.6 Å². The molecule has 1 aromatic carbocycles. The fraction of sp³-hybridized carbons (Fsp3) is 0.696. The smallest absolute Gasteiger partial charge is 0.318 e. The average Bonchev–Trinajstić information content (AvgIpc) is 2.70. The van der Waals surface area contributed by atoms with Crippen molar-refractivity contribution in [2.45, 2.75) is 75.8 Å². The minimum atomic E-state index is -2.55. The summed E-state index contributed by atoms with van der Waals surface area (Å²) < 4.78 is 41.5. The molecule has 2 aliphatic rings. The van der Waals surface area contributed by atoms with Crippen molar-refractivity contribution in [1.29, 1.82) is 0 Å². The van der Waals surface area contributed by atoms with Crippen LogP contribution in [0.4, 0.5) is 18.0 Å². The van der Waals surface area contributed by atoms with E-state index in [1.807, 2.05) is 14.0 Å². The summed E-state index contributed by atoms with van der Waals surface area (Å²) in [7, 11) is 1.82. The van der Waals surface area contributed by atoms with Gasteiger partial charge in [-0.1, -0.05) is 18.2 Å². The number of amides is 2. The lowest BCUT2D eigenvalue weighted by Crippen LogP contribution is -2.57. The number of likely N-dealkylation sites (N-methyl/N-ethyl adjacent to an activating group) is 1. The Morgan fingerprint density at radius 2 is 1.90 bits per heavy atom. The lowest BCUT2D eigenvalue weighted by Gasteiger charge is -2.46. The van der Waals surface area contributed by atoms with Crippen LogP contribution in [0.2, 0.25) is 0 Å². The lowest BCUT2D eigenvalue weighted by atomic mass is 9.81. The van der Waals surface area contributed by atoms with Gasteiger partial charge < -0.3 is 15.5 Å². The first-order valence-corrected chi connectivity index (χ1v) is 11.1. The Morgan fingerprint density at radius 1 is 1.20 bits per heavy atom. The fourth-order valence-electron chi connectivity index (χ4n) is 5.05. The Bertz CT molecular complexity index is 719. The summed E-state index contributed by atoms with van der Waals surface area (Å²) in [5.41, 5.74) is -0.162. The average molecular weight is 426 g/mol. The topological polar surface area (TPSA) is 44.4 Å². The molecular weight excluding hydrogens is 391 g/mol. The van der Waals surface area contributed by atoms with E-state index >= 15 is 0 Å². The van der Waals surface area contributed by atoms with E-state index in [-0.39, 0.29) is 36.6 Å². The van der Waals surface area contributed by atoms with Crippen molar-refractivity contribution in [2.75, 3.05) is 20.1 Å². The number of urea groups is 1. The SMILES string of the molecule is CNCC(CC1CCC(F)(F)CC1)NC(=O)N1CCCCC1(C)c1ccccc1F. The Balaban J connectivity index is 1.70. The number of halogens is 3. The molecule has 2 N–H and O–H groups in total. The monoisotopic (exact) mass is 425 g/mol. The number of nitrogens with zero attached hydrogens (tertiary/aromatic N) is 1. The van der Waals surface area contributed by atoms with Gasteiger partial charge in [0, 0.05) is 37.5 Å². The number of rotatable bonds is 6. The maximum Gasteiger partial charge on any atom is 0.318 e. The molecule has 1 heterocycles. The Hall–Kier alpha value is -1.76. The van der Waals surface area contributed by atoms with Gasteiger partial charge in [-0.3, -0.25) is 0 Å². The maximum atomic E-state index is 14.6. The summed E-state index contributed by atoms with van der Waals surface area (Å²) in [6.45, 7) is 3.07. The Kier molecular flexibility index (Phi) is 7.32. The molecule has 1 aliphatic heterocycles. The van der Waals surface area contributed by atoms with E-state index in [0.717, 1.165) is 12.8 Å². The fourth-order valence-corrected chi connectivity index (χ4v) is 5.05. The van der Waals surface area contributed by atoms with Crippen LogP contribution in [0.25, 0.3) is 0 Å². The molecule has 1 aromatic rings. The number of hydrogen-bond donors (Lipinski definition) is 2. The molecule has 0 spiro atoms. The lowest BCUT2D eigenvalue weighted by molar-refractivity contribution is -0.0473. The molecule has 1 aliphatic carbocycles. The highest BCUT2D eigenvalue weighted by Gasteiger charge is 2.41. The van der Waals surface area contributed by atoms with Gasteiger partial charge in [0.15, 0.2) is 0 Å². The number of alkyl halides is 2. The van der Waals surface area contributed by atoms with Gasteiger partial charge in [0.05, 0.1) is 5.54 Å². The predicted molar refractivity (Wildman–Crippen MR) is 112 cm³/mol. The predicted octanol–water partition coefficient (Wildman–Crippen LogP) is 5.04. The molecule has 0 aromatic heterocycles. The molecule has 4 nitrogen and oxygen atoms in total. The van der Waals surface area contributed by atoms with E-state index in [2.05, 4.69) is 10.6 Å². The molecular formula is C23H34F3N3O. The van der Waals surface area contributed by atoms with Crippen LogP contribution in [0.15, 0.2) is 24.3 Å². The van der Waals surface area contributed by atoms with Crippen molar-refractivity contribution < 1.29 is 18.0 Å². The molecule has 1 saturated heterocycles. The van der Waals surface area contributed by atoms with Crippen LogP contribution >= 0.6 is 0 Å². The van der Waals surface area contributed by atoms with Crippen molar-refractivity contribution >= 4 is 6.03 Å². The van der Waals surface area contributed by atoms with Gasteiger partial charge in [0.2, 0.25) is 5.92 Å². The summed E-state index contributed by atoms with van der Waals surface area (Å²) in [6.07, 6.45) is 4.02. The third kappa shape index (κ3) is 5.29. The second-order valence-corrected chi connectivity index (χ2v) is 9.10. The van der Waals surface area contributed by atoms with Crippen molar-refractivity contribution in [3.8, 4) is 0 Å². The van der Waals surface area contributed by atoms with Crippen LogP contribution in [-0.2, 0) is 5.54 Å². The van der Waals surface area contributed by atoms with E-state index in [1.165, 1.54) is 6.07 Å². The third-order valence-corrected chi connectivity index (χ3v) is 6.82. The van der Waals surface area contributed by atoms with Gasteiger partial charge in [0.1, 0.15) is 5.82 Å². The normalized spacial score (nSPS) is 25.7. The quantitative estimate of drug-likeness (QED) is 0.671. The summed E-state index contributed by atoms with van der Waals surface area (Å²) in [5, 5.41) is 6.22. The van der Waals surface area contributed by atoms with Gasteiger partial charge in [-0.25, -0.2) is 18.0 Å². The van der Waals surface area contributed by atoms with E-state index in [1.54, 1.807) is 23.1 Å². The molecule has 2 amide bonds. The molecule has 2 unspecified atom stereocenters. The number of likely N-dealkylation sites (tertiary alicyclic amines) is 1. The zero-order valence-corrected chi connectivity index (χ0v) is 18.0. The minimum Gasteiger partial charge on any atom is -0.334 e. The van der Waals surface area contributed by atoms with Crippen LogP contribution in [0, 0.1) is 11.7 Å². The first-order chi connectivity index (χ1) is 14.2. The highest BCUT2D eigenvalue weighted by molar-refractivity contribution is 5.76. The largest absolute Gasteiger partial charge is 0.334 e. The highest BCUT2D eigenvalue weighted by Crippen LogP contribution is 2.39. The van der Waals surface area contributed by atoms with Gasteiger partial charge in [-0.2, -0.15) is 0 Å². The van der Waals surface area contributed by atoms with Gasteiger partial charge >= 0.3 is 6.03 Å². The second-order valence-electron chi connectivity index (χ2n) is 9.10. The zero-order chi connectivity index (χ0) is 21.8. The molecule has 30 heavy (non-hydrogen) atoms. The molecule has 1 saturated carbocycles. The van der Waals surface area contributed by atoms with Crippen molar-refractivity contribution in [3.63, 3.8) is 0 Å². The number of piperidine rings is 1. The number of hydrogen-bond acceptors (Lipinski definition) is 2. The van der Waals surface area contributed by atoms with E-state index < -0.39 is 11.5 Å². The van der Waals surface area contributed by atoms with Crippen molar-refractivity contribution in [2.24, 2.45) is 5.92 Å². The minimum absolute atomic E-state index is 0.0740. The zero-order valence-electron chi connectivity index (χ0n) is 18.0. The standard InChI is InChI=1S/C23H34F3N3O/c1-22(19-7-3-4-8-20(19)24)11-5-6-14-29(22)21(30)28-18(16-27-2)15-17-9-12-23(25,26)13-10-17/h3-4,7-8,17-18,27H,5-6,9-16H2,1-2H3,(H,28,30). The molecule has 168 valence electrons. The number of carbonyl (C=O) groups excluding carboxylic acids is 1. The number of carbonyl (C=O) groups is 1. The van der Waals surface area contributed by atoms with E-state index in [9.17, 15) is 18.0 Å². The van der Waals surface area contributed by atoms with Crippen molar-refractivity contribution in [3.05, 3.63) is 35.6 Å². The van der Waals surface area contributed by atoms with Crippen LogP contribution in [0.3, 0.4) is 0 Å². The maximum absolute atomic E-state index is 14.6. The van der Waals surface area contributed by atoms with Crippen LogP contribution in [-0.4, -0.2) is 43.0 Å². The molecule has 2 fully saturated rings. The highest BCUT2D eigenvalue weighted by atomic mass is 19.3. The first-order valence-electron chi connectivity index (χ1n) is 11.1. The van der Waals surface area contributed by atoms with Crippen LogP contribution in [0.1, 0.15) is 63.9 Å². The third-order valence-electron chi connectivity index (χ3n) is 6.82. The number of benzene rings is 1. The molecule has 0 radical (unpaired) electrons. The molecule has 2 atom stereocenters. The summed E-state index contributed by atoms with van der Waals surface area (Å²) >= 11 is 0. The van der Waals surface area contributed by atoms with E-state index in [4.69, 9.17) is 0 Å². The Morgan fingerprint density at radius 3 is 2.57 bits per heavy atom. The van der Waals surface area contributed by atoms with Gasteiger partial charge in [-0.15, -0.1) is 0 Å². The van der Waals surface area contributed by atoms with E-state index in [0.29, 0.717) is 44.3 Å². The van der Waals surface area contributed by atoms with Gasteiger partial charge in [-0.05, 0) is 64.5 Å². The summed E-state index contributed by atoms with van der Waals surface area (Å²) in [5.74, 6) is -2.66. The number of nitrogens with one attached hydrogen (secondary N) is 2. The van der Waals surface area contributed by atoms with Crippen molar-refractivity contribution in [1.82, 2.24) is 15.5 Å². The van der Waals surface area contributed by atoms with Gasteiger partial charge in [0.25, 0.3) is 0 Å². The molecule has 0 bridgehead atoms. The second kappa shape index (κ2) is 9.58. The Labute approximate surface area is 177 Å². The summed E-state index contributed by atoms with van der Waals surface area (Å²) in [6, 6.07) is 6.30. The first kappa shape index (κ1) is 22.9. The van der Waals surface area contributed by atoms with Crippen LogP contribution in [0.5, 0.6) is 0 Å². The summed E-state index contributed by atoms with van der Waals surface area (Å²) in [4.78, 5) is 15.0. The molecule has 7 heteroatoms. The molecule has 3 rings (SSSR count).